The van der Waals surface area contributed by atoms with Gasteiger partial charge in [0.1, 0.15) is 6.04 Å². The summed E-state index contributed by atoms with van der Waals surface area (Å²) in [5.41, 5.74) is 5.91. The maximum Gasteiger partial charge on any atom is 0.326 e. The fourth-order valence-electron chi connectivity index (χ4n) is 3.62. The normalized spacial score (nSPS) is 31.9. The molecule has 0 aromatic rings. The second-order valence-corrected chi connectivity index (χ2v) is 5.84. The SMILES string of the molecule is CCC[C@@H](N)C(=O)N1C(C(=O)O)CC2CCCCC21. The predicted octanol–water partition coefficient (Wildman–Crippen LogP) is 1.36. The van der Waals surface area contributed by atoms with Crippen molar-refractivity contribution in [3.8, 4) is 0 Å². The first kappa shape index (κ1) is 14.3. The van der Waals surface area contributed by atoms with Crippen molar-refractivity contribution in [2.45, 2.75) is 70.0 Å². The zero-order chi connectivity index (χ0) is 14.0. The van der Waals surface area contributed by atoms with Crippen LogP contribution in [0.1, 0.15) is 51.9 Å². The lowest BCUT2D eigenvalue weighted by molar-refractivity contribution is -0.150. The number of amides is 1. The van der Waals surface area contributed by atoms with Gasteiger partial charge in [0.25, 0.3) is 0 Å². The van der Waals surface area contributed by atoms with Crippen molar-refractivity contribution in [3.05, 3.63) is 0 Å². The van der Waals surface area contributed by atoms with E-state index in [0.29, 0.717) is 18.8 Å². The van der Waals surface area contributed by atoms with Gasteiger partial charge in [-0.15, -0.1) is 0 Å². The van der Waals surface area contributed by atoms with Crippen LogP contribution in [-0.4, -0.2) is 40.0 Å². The molecule has 19 heavy (non-hydrogen) atoms. The van der Waals surface area contributed by atoms with E-state index in [1.54, 1.807) is 4.90 Å². The topological polar surface area (TPSA) is 83.6 Å². The minimum absolute atomic E-state index is 0.102. The van der Waals surface area contributed by atoms with Gasteiger partial charge in [-0.25, -0.2) is 4.79 Å². The van der Waals surface area contributed by atoms with Gasteiger partial charge < -0.3 is 15.7 Å². The number of nitrogens with zero attached hydrogens (tertiary/aromatic N) is 1. The third kappa shape index (κ3) is 2.76. The Bertz CT molecular complexity index is 359. The monoisotopic (exact) mass is 268 g/mol. The second-order valence-electron chi connectivity index (χ2n) is 5.84. The summed E-state index contributed by atoms with van der Waals surface area (Å²) >= 11 is 0. The molecule has 0 bridgehead atoms. The number of aliphatic carboxylic acids is 1. The minimum atomic E-state index is -0.883. The number of carbonyl (C=O) groups excluding carboxylic acids is 1. The molecule has 1 heterocycles. The number of carboxylic acid groups (broad SMARTS) is 1. The quantitative estimate of drug-likeness (QED) is 0.806. The number of hydrogen-bond acceptors (Lipinski definition) is 3. The summed E-state index contributed by atoms with van der Waals surface area (Å²) in [6.45, 7) is 1.98. The summed E-state index contributed by atoms with van der Waals surface area (Å²) in [5, 5.41) is 9.36. The maximum absolute atomic E-state index is 12.4. The Kier molecular flexibility index (Phi) is 4.45. The van der Waals surface area contributed by atoms with Gasteiger partial charge in [0, 0.05) is 6.04 Å². The molecule has 5 nitrogen and oxygen atoms in total. The Morgan fingerprint density at radius 1 is 1.37 bits per heavy atom. The Labute approximate surface area is 114 Å². The fourth-order valence-corrected chi connectivity index (χ4v) is 3.62. The third-order valence-corrected chi connectivity index (χ3v) is 4.54. The first-order valence-corrected chi connectivity index (χ1v) is 7.36. The minimum Gasteiger partial charge on any atom is -0.480 e. The molecule has 3 unspecified atom stereocenters. The maximum atomic E-state index is 12.4. The van der Waals surface area contributed by atoms with Crippen molar-refractivity contribution < 1.29 is 14.7 Å². The lowest BCUT2D eigenvalue weighted by Crippen LogP contribution is -2.52. The van der Waals surface area contributed by atoms with Crippen molar-refractivity contribution in [1.29, 1.82) is 0 Å². The lowest BCUT2D eigenvalue weighted by Gasteiger charge is -2.34. The molecule has 0 aromatic carbocycles. The molecular formula is C14H24N2O3. The molecule has 0 aromatic heterocycles. The highest BCUT2D eigenvalue weighted by Gasteiger charge is 2.48. The van der Waals surface area contributed by atoms with Crippen LogP contribution in [0.5, 0.6) is 0 Å². The fraction of sp³-hybridized carbons (Fsp3) is 0.857. The molecule has 0 spiro atoms. The van der Waals surface area contributed by atoms with E-state index in [1.165, 1.54) is 0 Å². The summed E-state index contributed by atoms with van der Waals surface area (Å²) in [6.07, 6.45) is 6.27. The highest BCUT2D eigenvalue weighted by atomic mass is 16.4. The van der Waals surface area contributed by atoms with Crippen molar-refractivity contribution in [2.24, 2.45) is 11.7 Å². The molecule has 1 aliphatic heterocycles. The number of fused-ring (bicyclic) bond motifs is 1. The average molecular weight is 268 g/mol. The summed E-state index contributed by atoms with van der Waals surface area (Å²) in [6, 6.07) is -1.11. The summed E-state index contributed by atoms with van der Waals surface area (Å²) in [4.78, 5) is 25.5. The molecule has 3 N–H and O–H groups in total. The summed E-state index contributed by atoms with van der Waals surface area (Å²) in [5.74, 6) is -0.692. The van der Waals surface area contributed by atoms with Gasteiger partial charge in [-0.05, 0) is 31.6 Å². The largest absolute Gasteiger partial charge is 0.480 e. The predicted molar refractivity (Wildman–Crippen MR) is 71.5 cm³/mol. The van der Waals surface area contributed by atoms with Crippen LogP contribution in [0.15, 0.2) is 0 Å². The molecule has 2 aliphatic rings. The first-order chi connectivity index (χ1) is 9.06. The molecule has 1 aliphatic carbocycles. The van der Waals surface area contributed by atoms with E-state index in [0.717, 1.165) is 32.1 Å². The average Bonchev–Trinajstić information content (AvgIpc) is 2.77. The van der Waals surface area contributed by atoms with Crippen molar-refractivity contribution in [1.82, 2.24) is 4.90 Å². The smallest absolute Gasteiger partial charge is 0.326 e. The van der Waals surface area contributed by atoms with Gasteiger partial charge in [0.05, 0.1) is 6.04 Å². The molecule has 5 heteroatoms. The number of hydrogen-bond donors (Lipinski definition) is 2. The van der Waals surface area contributed by atoms with Crippen LogP contribution < -0.4 is 5.73 Å². The Morgan fingerprint density at radius 2 is 2.05 bits per heavy atom. The molecule has 108 valence electrons. The van der Waals surface area contributed by atoms with E-state index in [2.05, 4.69) is 0 Å². The zero-order valence-electron chi connectivity index (χ0n) is 11.5. The van der Waals surface area contributed by atoms with Crippen LogP contribution >= 0.6 is 0 Å². The van der Waals surface area contributed by atoms with Crippen LogP contribution in [0, 0.1) is 5.92 Å². The highest BCUT2D eigenvalue weighted by Crippen LogP contribution is 2.40. The van der Waals surface area contributed by atoms with E-state index < -0.39 is 18.1 Å². The standard InChI is InChI=1S/C14H24N2O3/c1-2-5-10(15)13(17)16-11-7-4-3-6-9(11)8-12(16)14(18)19/h9-12H,2-8,15H2,1H3,(H,18,19)/t9?,10-,11?,12?/m1/s1. The molecular weight excluding hydrogens is 244 g/mol. The van der Waals surface area contributed by atoms with Gasteiger partial charge in [-0.2, -0.15) is 0 Å². The van der Waals surface area contributed by atoms with Gasteiger partial charge in [-0.3, -0.25) is 4.79 Å². The van der Waals surface area contributed by atoms with Gasteiger partial charge in [0.15, 0.2) is 0 Å². The van der Waals surface area contributed by atoms with Crippen LogP contribution in [-0.2, 0) is 9.59 Å². The summed E-state index contributed by atoms with van der Waals surface area (Å²) < 4.78 is 0. The van der Waals surface area contributed by atoms with E-state index in [-0.39, 0.29) is 11.9 Å². The number of carbonyl (C=O) groups is 2. The second kappa shape index (κ2) is 5.90. The van der Waals surface area contributed by atoms with Crippen LogP contribution in [0.2, 0.25) is 0 Å². The van der Waals surface area contributed by atoms with Gasteiger partial charge in [-0.1, -0.05) is 26.2 Å². The Morgan fingerprint density at radius 3 is 2.68 bits per heavy atom. The highest BCUT2D eigenvalue weighted by molar-refractivity contribution is 5.87. The van der Waals surface area contributed by atoms with E-state index >= 15 is 0 Å². The molecule has 2 fully saturated rings. The van der Waals surface area contributed by atoms with Crippen molar-refractivity contribution in [3.63, 3.8) is 0 Å². The van der Waals surface area contributed by atoms with Crippen LogP contribution in [0.25, 0.3) is 0 Å². The van der Waals surface area contributed by atoms with Crippen molar-refractivity contribution in [2.75, 3.05) is 0 Å². The van der Waals surface area contributed by atoms with E-state index in [4.69, 9.17) is 5.73 Å². The Balaban J connectivity index is 2.17. The van der Waals surface area contributed by atoms with Crippen molar-refractivity contribution >= 4 is 11.9 Å². The van der Waals surface area contributed by atoms with E-state index in [9.17, 15) is 14.7 Å². The molecule has 2 rings (SSSR count). The van der Waals surface area contributed by atoms with Gasteiger partial charge >= 0.3 is 5.97 Å². The number of rotatable bonds is 4. The van der Waals surface area contributed by atoms with Crippen LogP contribution in [0.4, 0.5) is 0 Å². The van der Waals surface area contributed by atoms with E-state index in [1.807, 2.05) is 6.92 Å². The summed E-state index contributed by atoms with van der Waals surface area (Å²) in [7, 11) is 0. The lowest BCUT2D eigenvalue weighted by atomic mass is 9.84. The molecule has 1 amide bonds. The third-order valence-electron chi connectivity index (χ3n) is 4.54. The molecule has 1 saturated heterocycles. The van der Waals surface area contributed by atoms with Gasteiger partial charge in [0.2, 0.25) is 5.91 Å². The van der Waals surface area contributed by atoms with Crippen LogP contribution in [0.3, 0.4) is 0 Å². The molecule has 4 atom stereocenters. The number of carboxylic acids is 1. The zero-order valence-corrected chi connectivity index (χ0v) is 11.5. The number of likely N-dealkylation sites (tertiary alicyclic amines) is 1. The molecule has 1 saturated carbocycles. The molecule has 0 radical (unpaired) electrons. The number of nitrogens with two attached hydrogens (primary N) is 1. The Hall–Kier alpha value is -1.10. The first-order valence-electron chi connectivity index (χ1n) is 7.36.